The lowest BCUT2D eigenvalue weighted by atomic mass is 10.3. The van der Waals surface area contributed by atoms with E-state index in [0.29, 0.717) is 0 Å². The summed E-state index contributed by atoms with van der Waals surface area (Å²) in [4.78, 5) is 0. The number of hydrogen-bond acceptors (Lipinski definition) is 2. The van der Waals surface area contributed by atoms with E-state index in [1.165, 1.54) is 12.1 Å². The van der Waals surface area contributed by atoms with E-state index in [9.17, 15) is 13.2 Å². The third kappa shape index (κ3) is 2.80. The van der Waals surface area contributed by atoms with Gasteiger partial charge in [0.15, 0.2) is 11.5 Å². The van der Waals surface area contributed by atoms with Crippen LogP contribution in [0, 0.1) is 0 Å². The molecule has 0 fully saturated rings. The predicted octanol–water partition coefficient (Wildman–Crippen LogP) is 3.05. The maximum atomic E-state index is 11.7. The molecule has 0 aliphatic heterocycles. The van der Waals surface area contributed by atoms with E-state index < -0.39 is 17.9 Å². The quantitative estimate of drug-likeness (QED) is 0.837. The highest BCUT2D eigenvalue weighted by Crippen LogP contribution is 2.36. The van der Waals surface area contributed by atoms with Crippen LogP contribution in [0.25, 0.3) is 0 Å². The Kier molecular flexibility index (Phi) is 2.70. The number of halogens is 4. The van der Waals surface area contributed by atoms with E-state index in [4.69, 9.17) is 5.11 Å². The molecular weight excluding hydrogens is 253 g/mol. The van der Waals surface area contributed by atoms with Gasteiger partial charge in [0.2, 0.25) is 0 Å². The summed E-state index contributed by atoms with van der Waals surface area (Å²) in [7, 11) is 0. The Morgan fingerprint density at radius 3 is 2.46 bits per heavy atom. The maximum Gasteiger partial charge on any atom is 0.573 e. The van der Waals surface area contributed by atoms with Crippen LogP contribution in [0.15, 0.2) is 22.7 Å². The average Bonchev–Trinajstić information content (AvgIpc) is 1.96. The van der Waals surface area contributed by atoms with Crippen LogP contribution in [0.4, 0.5) is 13.2 Å². The van der Waals surface area contributed by atoms with Crippen molar-refractivity contribution < 1.29 is 23.0 Å². The Morgan fingerprint density at radius 1 is 1.31 bits per heavy atom. The molecular formula is C7H4BrF3O2. The van der Waals surface area contributed by atoms with Gasteiger partial charge in [-0.15, -0.1) is 13.2 Å². The number of benzene rings is 1. The molecule has 0 aromatic heterocycles. The van der Waals surface area contributed by atoms with Gasteiger partial charge in [0, 0.05) is 0 Å². The zero-order chi connectivity index (χ0) is 10.1. The zero-order valence-corrected chi connectivity index (χ0v) is 7.69. The molecule has 6 heteroatoms. The van der Waals surface area contributed by atoms with Crippen molar-refractivity contribution in [3.63, 3.8) is 0 Å². The number of alkyl halides is 3. The fourth-order valence-electron chi connectivity index (χ4n) is 0.703. The van der Waals surface area contributed by atoms with Gasteiger partial charge < -0.3 is 9.84 Å². The highest BCUT2D eigenvalue weighted by Gasteiger charge is 2.32. The first-order chi connectivity index (χ1) is 5.90. The predicted molar refractivity (Wildman–Crippen MR) is 42.5 cm³/mol. The van der Waals surface area contributed by atoms with E-state index in [1.807, 2.05) is 0 Å². The van der Waals surface area contributed by atoms with Gasteiger partial charge in [0.05, 0.1) is 4.47 Å². The SMILES string of the molecule is Oc1c(Br)cccc1OC(F)(F)F. The molecule has 13 heavy (non-hydrogen) atoms. The standard InChI is InChI=1S/C7H4BrF3O2/c8-4-2-1-3-5(6(4)12)13-7(9,10)11/h1-3,12H. The van der Waals surface area contributed by atoms with Crippen LogP contribution in [-0.4, -0.2) is 11.5 Å². The van der Waals surface area contributed by atoms with Crippen molar-refractivity contribution in [1.29, 1.82) is 0 Å². The van der Waals surface area contributed by atoms with Crippen LogP contribution in [0.3, 0.4) is 0 Å². The summed E-state index contributed by atoms with van der Waals surface area (Å²) < 4.78 is 38.8. The van der Waals surface area contributed by atoms with E-state index >= 15 is 0 Å². The summed E-state index contributed by atoms with van der Waals surface area (Å²) in [6.07, 6.45) is -4.79. The van der Waals surface area contributed by atoms with Gasteiger partial charge in [0.1, 0.15) is 0 Å². The summed E-state index contributed by atoms with van der Waals surface area (Å²) in [6.45, 7) is 0. The highest BCUT2D eigenvalue weighted by molar-refractivity contribution is 9.10. The lowest BCUT2D eigenvalue weighted by Gasteiger charge is -2.10. The lowest BCUT2D eigenvalue weighted by molar-refractivity contribution is -0.275. The number of aromatic hydroxyl groups is 1. The zero-order valence-electron chi connectivity index (χ0n) is 6.10. The van der Waals surface area contributed by atoms with Crippen molar-refractivity contribution in [2.45, 2.75) is 6.36 Å². The molecule has 0 saturated carbocycles. The number of rotatable bonds is 1. The summed E-state index contributed by atoms with van der Waals surface area (Å²) in [5.41, 5.74) is 0. The molecule has 0 radical (unpaired) electrons. The first-order valence-electron chi connectivity index (χ1n) is 3.13. The van der Waals surface area contributed by atoms with Gasteiger partial charge in [-0.25, -0.2) is 0 Å². The van der Waals surface area contributed by atoms with Crippen molar-refractivity contribution >= 4 is 15.9 Å². The average molecular weight is 257 g/mol. The Morgan fingerprint density at radius 2 is 1.92 bits per heavy atom. The number of ether oxygens (including phenoxy) is 1. The van der Waals surface area contributed by atoms with Gasteiger partial charge in [0.25, 0.3) is 0 Å². The Bertz CT molecular complexity index is 311. The van der Waals surface area contributed by atoms with Gasteiger partial charge in [-0.2, -0.15) is 0 Å². The van der Waals surface area contributed by atoms with Crippen LogP contribution in [-0.2, 0) is 0 Å². The van der Waals surface area contributed by atoms with E-state index in [1.54, 1.807) is 0 Å². The monoisotopic (exact) mass is 256 g/mol. The summed E-state index contributed by atoms with van der Waals surface area (Å²) in [6, 6.07) is 3.75. The molecule has 1 aromatic carbocycles. The van der Waals surface area contributed by atoms with Gasteiger partial charge in [-0.05, 0) is 28.1 Å². The molecule has 0 aliphatic carbocycles. The van der Waals surface area contributed by atoms with Crippen LogP contribution >= 0.6 is 15.9 Å². The molecule has 0 bridgehead atoms. The summed E-state index contributed by atoms with van der Waals surface area (Å²) in [5.74, 6) is -1.19. The van der Waals surface area contributed by atoms with Crippen molar-refractivity contribution in [3.8, 4) is 11.5 Å². The third-order valence-corrected chi connectivity index (χ3v) is 1.82. The fraction of sp³-hybridized carbons (Fsp3) is 0.143. The number of para-hydroxylation sites is 1. The molecule has 1 aromatic rings. The lowest BCUT2D eigenvalue weighted by Crippen LogP contribution is -2.17. The maximum absolute atomic E-state index is 11.7. The normalized spacial score (nSPS) is 11.4. The second-order valence-corrected chi connectivity index (χ2v) is 2.99. The molecule has 0 amide bonds. The second-order valence-electron chi connectivity index (χ2n) is 2.13. The van der Waals surface area contributed by atoms with Crippen LogP contribution in [0.1, 0.15) is 0 Å². The molecule has 0 atom stereocenters. The molecule has 0 aliphatic rings. The minimum absolute atomic E-state index is 0.147. The smallest absolute Gasteiger partial charge is 0.503 e. The van der Waals surface area contributed by atoms with Crippen molar-refractivity contribution in [2.24, 2.45) is 0 Å². The molecule has 1 N–H and O–H groups in total. The Balaban J connectivity index is 2.96. The first-order valence-corrected chi connectivity index (χ1v) is 3.92. The molecule has 2 nitrogen and oxygen atoms in total. The molecule has 0 spiro atoms. The van der Waals surface area contributed by atoms with Crippen LogP contribution in [0.2, 0.25) is 0 Å². The fourth-order valence-corrected chi connectivity index (χ4v) is 1.05. The Labute approximate surface area is 80.1 Å². The number of hydrogen-bond donors (Lipinski definition) is 1. The highest BCUT2D eigenvalue weighted by atomic mass is 79.9. The van der Waals surface area contributed by atoms with Crippen LogP contribution < -0.4 is 4.74 Å². The van der Waals surface area contributed by atoms with Crippen molar-refractivity contribution in [1.82, 2.24) is 0 Å². The van der Waals surface area contributed by atoms with Gasteiger partial charge in [-0.1, -0.05) is 6.07 Å². The molecule has 0 heterocycles. The first kappa shape index (κ1) is 10.2. The molecule has 0 saturated heterocycles. The number of phenols is 1. The van der Waals surface area contributed by atoms with E-state index in [-0.39, 0.29) is 4.47 Å². The van der Waals surface area contributed by atoms with Crippen LogP contribution in [0.5, 0.6) is 11.5 Å². The van der Waals surface area contributed by atoms with E-state index in [0.717, 1.165) is 6.07 Å². The van der Waals surface area contributed by atoms with Gasteiger partial charge in [-0.3, -0.25) is 0 Å². The minimum Gasteiger partial charge on any atom is -0.503 e. The largest absolute Gasteiger partial charge is 0.573 e. The molecule has 1 rings (SSSR count). The van der Waals surface area contributed by atoms with Crippen molar-refractivity contribution in [2.75, 3.05) is 0 Å². The van der Waals surface area contributed by atoms with Gasteiger partial charge >= 0.3 is 6.36 Å². The molecule has 72 valence electrons. The Hall–Kier alpha value is -0.910. The van der Waals surface area contributed by atoms with Crippen molar-refractivity contribution in [3.05, 3.63) is 22.7 Å². The number of phenolic OH excluding ortho intramolecular Hbond substituents is 1. The second kappa shape index (κ2) is 3.45. The van der Waals surface area contributed by atoms with E-state index in [2.05, 4.69) is 20.7 Å². The summed E-state index contributed by atoms with van der Waals surface area (Å²) in [5, 5.41) is 9.09. The third-order valence-electron chi connectivity index (χ3n) is 1.18. The summed E-state index contributed by atoms with van der Waals surface area (Å²) >= 11 is 2.86. The topological polar surface area (TPSA) is 29.5 Å². The minimum atomic E-state index is -4.79. The molecule has 0 unspecified atom stereocenters.